The minimum Gasteiger partial charge on any atom is -0.468 e. The minimum atomic E-state index is -0.646. The van der Waals surface area contributed by atoms with Crippen molar-refractivity contribution in [2.45, 2.75) is 12.5 Å². The van der Waals surface area contributed by atoms with Crippen molar-refractivity contribution >= 4 is 5.97 Å². The Hall–Kier alpha value is -0.610. The van der Waals surface area contributed by atoms with Gasteiger partial charge in [0, 0.05) is 6.54 Å². The molecule has 0 aliphatic carbocycles. The Balaban J connectivity index is 2.56. The van der Waals surface area contributed by atoms with Crippen LogP contribution in [0.3, 0.4) is 0 Å². The molecule has 1 heterocycles. The van der Waals surface area contributed by atoms with E-state index in [-0.39, 0.29) is 5.97 Å². The zero-order valence-corrected chi connectivity index (χ0v) is 6.85. The molecule has 0 radical (unpaired) electrons. The zero-order chi connectivity index (χ0) is 8.32. The van der Waals surface area contributed by atoms with Crippen LogP contribution in [0, 0.1) is 0 Å². The van der Waals surface area contributed by atoms with E-state index in [2.05, 4.69) is 10.1 Å². The van der Waals surface area contributed by atoms with Crippen LogP contribution in [0.5, 0.6) is 0 Å². The second kappa shape index (κ2) is 3.19. The van der Waals surface area contributed by atoms with E-state index in [1.165, 1.54) is 7.11 Å². The maximum absolute atomic E-state index is 11.1. The number of carbonyl (C=O) groups excluding carboxylic acids is 1. The molecular formula is C7H13NO3. The highest BCUT2D eigenvalue weighted by Gasteiger charge is 2.36. The van der Waals surface area contributed by atoms with Gasteiger partial charge in [0.25, 0.3) is 0 Å². The lowest BCUT2D eigenvalue weighted by molar-refractivity contribution is -0.152. The molecule has 64 valence electrons. The topological polar surface area (TPSA) is 47.6 Å². The Bertz CT molecular complexity index is 152. The van der Waals surface area contributed by atoms with Crippen molar-refractivity contribution in [1.82, 2.24) is 5.32 Å². The highest BCUT2D eigenvalue weighted by Crippen LogP contribution is 2.09. The average Bonchev–Trinajstić information content (AvgIpc) is 2.04. The first-order valence-corrected chi connectivity index (χ1v) is 3.60. The summed E-state index contributed by atoms with van der Waals surface area (Å²) in [5.41, 5.74) is -0.646. The summed E-state index contributed by atoms with van der Waals surface area (Å²) < 4.78 is 9.76. The molecule has 0 aromatic rings. The first-order valence-electron chi connectivity index (χ1n) is 3.60. The van der Waals surface area contributed by atoms with E-state index < -0.39 is 5.54 Å². The Morgan fingerprint density at radius 3 is 2.91 bits per heavy atom. The predicted molar refractivity (Wildman–Crippen MR) is 39.2 cm³/mol. The van der Waals surface area contributed by atoms with Crippen molar-refractivity contribution in [2.75, 3.05) is 26.9 Å². The monoisotopic (exact) mass is 159 g/mol. The zero-order valence-electron chi connectivity index (χ0n) is 6.85. The Morgan fingerprint density at radius 1 is 1.73 bits per heavy atom. The molecule has 0 amide bonds. The standard InChI is InChI=1S/C7H13NO3/c1-7(6(9)10-2)5-11-4-3-8-7/h8H,3-5H2,1-2H3. The van der Waals surface area contributed by atoms with Gasteiger partial charge in [-0.15, -0.1) is 0 Å². The Morgan fingerprint density at radius 2 is 2.45 bits per heavy atom. The maximum atomic E-state index is 11.1. The first-order chi connectivity index (χ1) is 5.19. The van der Waals surface area contributed by atoms with Crippen LogP contribution in [-0.2, 0) is 14.3 Å². The van der Waals surface area contributed by atoms with E-state index in [0.717, 1.165) is 0 Å². The van der Waals surface area contributed by atoms with Gasteiger partial charge >= 0.3 is 5.97 Å². The van der Waals surface area contributed by atoms with Gasteiger partial charge in [0.15, 0.2) is 0 Å². The molecule has 1 N–H and O–H groups in total. The lowest BCUT2D eigenvalue weighted by Gasteiger charge is -2.31. The third-order valence-electron chi connectivity index (χ3n) is 1.79. The quantitative estimate of drug-likeness (QED) is 0.526. The van der Waals surface area contributed by atoms with Crippen molar-refractivity contribution < 1.29 is 14.3 Å². The number of esters is 1. The van der Waals surface area contributed by atoms with Gasteiger partial charge in [0.05, 0.1) is 20.3 Å². The van der Waals surface area contributed by atoms with Gasteiger partial charge in [-0.25, -0.2) is 4.79 Å². The number of hydrogen-bond donors (Lipinski definition) is 1. The molecule has 4 nitrogen and oxygen atoms in total. The molecule has 0 saturated carbocycles. The normalized spacial score (nSPS) is 31.5. The van der Waals surface area contributed by atoms with Crippen molar-refractivity contribution in [3.05, 3.63) is 0 Å². The van der Waals surface area contributed by atoms with Gasteiger partial charge in [-0.1, -0.05) is 0 Å². The molecule has 1 saturated heterocycles. The molecule has 1 aliphatic rings. The molecule has 1 aliphatic heterocycles. The van der Waals surface area contributed by atoms with Crippen LogP contribution in [0.2, 0.25) is 0 Å². The van der Waals surface area contributed by atoms with Crippen LogP contribution >= 0.6 is 0 Å². The summed E-state index contributed by atoms with van der Waals surface area (Å²) in [6, 6.07) is 0. The smallest absolute Gasteiger partial charge is 0.328 e. The Kier molecular flexibility index (Phi) is 2.46. The molecule has 0 spiro atoms. The van der Waals surface area contributed by atoms with Gasteiger partial charge in [-0.2, -0.15) is 0 Å². The molecule has 1 fully saturated rings. The third kappa shape index (κ3) is 1.70. The largest absolute Gasteiger partial charge is 0.468 e. The van der Waals surface area contributed by atoms with Crippen LogP contribution in [0.1, 0.15) is 6.92 Å². The van der Waals surface area contributed by atoms with Gasteiger partial charge in [0.2, 0.25) is 0 Å². The molecule has 0 aromatic carbocycles. The van der Waals surface area contributed by atoms with Crippen molar-refractivity contribution in [3.8, 4) is 0 Å². The number of carbonyl (C=O) groups is 1. The molecule has 1 rings (SSSR count). The van der Waals surface area contributed by atoms with Crippen molar-refractivity contribution in [2.24, 2.45) is 0 Å². The molecule has 0 aromatic heterocycles. The van der Waals surface area contributed by atoms with Crippen LogP contribution in [0.15, 0.2) is 0 Å². The van der Waals surface area contributed by atoms with Crippen LogP contribution in [-0.4, -0.2) is 38.4 Å². The predicted octanol–water partition coefficient (Wildman–Crippen LogP) is -0.462. The van der Waals surface area contributed by atoms with E-state index in [9.17, 15) is 4.79 Å². The van der Waals surface area contributed by atoms with Crippen LogP contribution in [0.25, 0.3) is 0 Å². The summed E-state index contributed by atoms with van der Waals surface area (Å²) in [5.74, 6) is -0.266. The fourth-order valence-corrected chi connectivity index (χ4v) is 1.08. The van der Waals surface area contributed by atoms with Crippen molar-refractivity contribution in [1.29, 1.82) is 0 Å². The molecular weight excluding hydrogens is 146 g/mol. The Labute approximate surface area is 65.9 Å². The van der Waals surface area contributed by atoms with E-state index >= 15 is 0 Å². The van der Waals surface area contributed by atoms with E-state index in [1.807, 2.05) is 0 Å². The fraction of sp³-hybridized carbons (Fsp3) is 0.857. The number of hydrogen-bond acceptors (Lipinski definition) is 4. The van der Waals surface area contributed by atoms with Crippen LogP contribution < -0.4 is 5.32 Å². The third-order valence-corrected chi connectivity index (χ3v) is 1.79. The average molecular weight is 159 g/mol. The fourth-order valence-electron chi connectivity index (χ4n) is 1.08. The number of nitrogens with one attached hydrogen (secondary N) is 1. The van der Waals surface area contributed by atoms with E-state index in [4.69, 9.17) is 4.74 Å². The SMILES string of the molecule is COC(=O)C1(C)COCCN1. The number of morpholine rings is 1. The number of ether oxygens (including phenoxy) is 2. The van der Waals surface area contributed by atoms with Gasteiger partial charge < -0.3 is 9.47 Å². The van der Waals surface area contributed by atoms with Gasteiger partial charge in [0.1, 0.15) is 5.54 Å². The van der Waals surface area contributed by atoms with Crippen LogP contribution in [0.4, 0.5) is 0 Å². The number of methoxy groups -OCH3 is 1. The molecule has 11 heavy (non-hydrogen) atoms. The molecule has 0 bridgehead atoms. The minimum absolute atomic E-state index is 0.266. The summed E-state index contributed by atoms with van der Waals surface area (Å²) in [6.07, 6.45) is 0. The maximum Gasteiger partial charge on any atom is 0.328 e. The van der Waals surface area contributed by atoms with E-state index in [0.29, 0.717) is 19.8 Å². The molecule has 4 heteroatoms. The second-order valence-corrected chi connectivity index (χ2v) is 2.80. The summed E-state index contributed by atoms with van der Waals surface area (Å²) in [7, 11) is 1.38. The highest BCUT2D eigenvalue weighted by molar-refractivity contribution is 5.80. The molecule has 1 unspecified atom stereocenters. The van der Waals surface area contributed by atoms with Gasteiger partial charge in [-0.3, -0.25) is 5.32 Å². The summed E-state index contributed by atoms with van der Waals surface area (Å²) in [5, 5.41) is 3.05. The number of rotatable bonds is 1. The second-order valence-electron chi connectivity index (χ2n) is 2.80. The lowest BCUT2D eigenvalue weighted by atomic mass is 10.0. The highest BCUT2D eigenvalue weighted by atomic mass is 16.5. The summed E-state index contributed by atoms with van der Waals surface area (Å²) in [4.78, 5) is 11.1. The van der Waals surface area contributed by atoms with E-state index in [1.54, 1.807) is 6.92 Å². The molecule has 1 atom stereocenters. The van der Waals surface area contributed by atoms with Gasteiger partial charge in [-0.05, 0) is 6.92 Å². The summed E-state index contributed by atoms with van der Waals surface area (Å²) in [6.45, 7) is 3.52. The lowest BCUT2D eigenvalue weighted by Crippen LogP contribution is -2.57. The first kappa shape index (κ1) is 8.49. The summed E-state index contributed by atoms with van der Waals surface area (Å²) >= 11 is 0. The van der Waals surface area contributed by atoms with Crippen molar-refractivity contribution in [3.63, 3.8) is 0 Å².